The van der Waals surface area contributed by atoms with Crippen molar-refractivity contribution in [1.29, 1.82) is 5.26 Å². The number of nitrogens with zero attached hydrogens (tertiary/aromatic N) is 3. The minimum absolute atomic E-state index is 0.158. The molecule has 0 spiro atoms. The van der Waals surface area contributed by atoms with Gasteiger partial charge in [0.1, 0.15) is 11.6 Å². The van der Waals surface area contributed by atoms with Crippen LogP contribution in [0.4, 0.5) is 0 Å². The van der Waals surface area contributed by atoms with Gasteiger partial charge in [-0.15, -0.1) is 0 Å². The number of likely N-dealkylation sites (tertiary alicyclic amines) is 2. The fourth-order valence-electron chi connectivity index (χ4n) is 2.86. The zero-order chi connectivity index (χ0) is 15.2. The Kier molecular flexibility index (Phi) is 5.20. The largest absolute Gasteiger partial charge is 0.481 e. The highest BCUT2D eigenvalue weighted by Gasteiger charge is 2.25. The van der Waals surface area contributed by atoms with Gasteiger partial charge in [-0.2, -0.15) is 5.26 Å². The zero-order valence-electron chi connectivity index (χ0n) is 12.1. The highest BCUT2D eigenvalue weighted by Crippen LogP contribution is 2.19. The van der Waals surface area contributed by atoms with Crippen LogP contribution in [0.25, 0.3) is 0 Å². The van der Waals surface area contributed by atoms with E-state index in [2.05, 4.69) is 0 Å². The van der Waals surface area contributed by atoms with Gasteiger partial charge in [-0.3, -0.25) is 9.59 Å². The number of nitriles is 1. The minimum atomic E-state index is -0.761. The Hall–Kier alpha value is -2.03. The Labute approximate surface area is 124 Å². The average Bonchev–Trinajstić information content (AvgIpc) is 2.53. The fourth-order valence-corrected chi connectivity index (χ4v) is 2.86. The number of amides is 1. The van der Waals surface area contributed by atoms with Crippen molar-refractivity contribution >= 4 is 11.9 Å². The van der Waals surface area contributed by atoms with Crippen molar-refractivity contribution in [2.45, 2.75) is 32.1 Å². The van der Waals surface area contributed by atoms with E-state index >= 15 is 0 Å². The van der Waals surface area contributed by atoms with E-state index in [9.17, 15) is 14.9 Å². The van der Waals surface area contributed by atoms with Crippen molar-refractivity contribution < 1.29 is 14.7 Å². The van der Waals surface area contributed by atoms with Crippen LogP contribution in [0.1, 0.15) is 32.1 Å². The molecule has 114 valence electrons. The first-order valence-electron chi connectivity index (χ1n) is 7.50. The number of piperidine rings is 2. The molecule has 1 N–H and O–H groups in total. The molecule has 2 rings (SSSR count). The van der Waals surface area contributed by atoms with Crippen molar-refractivity contribution in [2.75, 3.05) is 26.2 Å². The van der Waals surface area contributed by atoms with Gasteiger partial charge in [0.05, 0.1) is 5.92 Å². The van der Waals surface area contributed by atoms with E-state index in [0.717, 1.165) is 32.4 Å². The van der Waals surface area contributed by atoms with Gasteiger partial charge >= 0.3 is 5.97 Å². The fraction of sp³-hybridized carbons (Fsp3) is 0.667. The number of hydrogen-bond acceptors (Lipinski definition) is 4. The summed E-state index contributed by atoms with van der Waals surface area (Å²) in [5.74, 6) is -1.26. The molecular weight excluding hydrogens is 270 g/mol. The van der Waals surface area contributed by atoms with Crippen LogP contribution in [0.15, 0.2) is 11.8 Å². The van der Waals surface area contributed by atoms with Gasteiger partial charge in [-0.25, -0.2) is 0 Å². The summed E-state index contributed by atoms with van der Waals surface area (Å²) in [6, 6.07) is 1.99. The molecule has 0 atom stereocenters. The lowest BCUT2D eigenvalue weighted by molar-refractivity contribution is -0.143. The van der Waals surface area contributed by atoms with Crippen molar-refractivity contribution in [3.63, 3.8) is 0 Å². The van der Waals surface area contributed by atoms with Crippen LogP contribution >= 0.6 is 0 Å². The van der Waals surface area contributed by atoms with Gasteiger partial charge in [0, 0.05) is 32.4 Å². The standard InChI is InChI=1S/C15H21N3O3/c16-10-13(14(19)18-6-2-1-3-7-18)11-17-8-4-12(5-9-17)15(20)21/h11-12H,1-9H2,(H,20,21)/b13-11-. The smallest absolute Gasteiger partial charge is 0.306 e. The molecule has 6 nitrogen and oxygen atoms in total. The van der Waals surface area contributed by atoms with Crippen molar-refractivity contribution in [3.05, 3.63) is 11.8 Å². The zero-order valence-corrected chi connectivity index (χ0v) is 12.1. The SMILES string of the molecule is N#C/C(=C/N1CCC(C(=O)O)CC1)C(=O)N1CCCCC1. The third-order valence-corrected chi connectivity index (χ3v) is 4.18. The maximum absolute atomic E-state index is 12.3. The molecule has 0 aliphatic carbocycles. The van der Waals surface area contributed by atoms with E-state index in [1.807, 2.05) is 11.0 Å². The summed E-state index contributed by atoms with van der Waals surface area (Å²) < 4.78 is 0. The van der Waals surface area contributed by atoms with Crippen molar-refractivity contribution in [1.82, 2.24) is 9.80 Å². The number of hydrogen-bond donors (Lipinski definition) is 1. The number of carboxylic acids is 1. The first kappa shape index (κ1) is 15.4. The summed E-state index contributed by atoms with van der Waals surface area (Å²) in [7, 11) is 0. The van der Waals surface area contributed by atoms with Gasteiger partial charge < -0.3 is 14.9 Å². The molecule has 2 fully saturated rings. The summed E-state index contributed by atoms with van der Waals surface area (Å²) in [4.78, 5) is 26.8. The van der Waals surface area contributed by atoms with Gasteiger partial charge in [-0.1, -0.05) is 0 Å². The van der Waals surface area contributed by atoms with Crippen molar-refractivity contribution in [2.24, 2.45) is 5.92 Å². The number of aliphatic carboxylic acids is 1. The van der Waals surface area contributed by atoms with E-state index in [4.69, 9.17) is 5.11 Å². The molecule has 2 aliphatic rings. The molecule has 0 unspecified atom stereocenters. The Balaban J connectivity index is 1.96. The molecular formula is C15H21N3O3. The lowest BCUT2D eigenvalue weighted by Gasteiger charge is -2.30. The normalized spacial score (nSPS) is 21.0. The van der Waals surface area contributed by atoms with E-state index in [1.165, 1.54) is 0 Å². The maximum atomic E-state index is 12.3. The molecule has 21 heavy (non-hydrogen) atoms. The van der Waals surface area contributed by atoms with Crippen LogP contribution < -0.4 is 0 Å². The van der Waals surface area contributed by atoms with Crippen LogP contribution in [0.2, 0.25) is 0 Å². The lowest BCUT2D eigenvalue weighted by atomic mass is 9.97. The molecule has 0 saturated carbocycles. The van der Waals surface area contributed by atoms with E-state index in [-0.39, 0.29) is 17.4 Å². The molecule has 6 heteroatoms. The van der Waals surface area contributed by atoms with Gasteiger partial charge in [0.2, 0.25) is 0 Å². The predicted molar refractivity (Wildman–Crippen MR) is 76.1 cm³/mol. The predicted octanol–water partition coefficient (Wildman–Crippen LogP) is 1.20. The van der Waals surface area contributed by atoms with Crippen LogP contribution in [-0.4, -0.2) is 53.0 Å². The third-order valence-electron chi connectivity index (χ3n) is 4.18. The Morgan fingerprint density at radius 3 is 2.24 bits per heavy atom. The summed E-state index contributed by atoms with van der Waals surface area (Å²) in [6.45, 7) is 2.60. The molecule has 0 aromatic carbocycles. The Bertz CT molecular complexity index is 467. The molecule has 2 heterocycles. The van der Waals surface area contributed by atoms with Gasteiger partial charge in [0.15, 0.2) is 0 Å². The van der Waals surface area contributed by atoms with E-state index < -0.39 is 5.97 Å². The molecule has 1 amide bonds. The second-order valence-corrected chi connectivity index (χ2v) is 5.66. The first-order valence-corrected chi connectivity index (χ1v) is 7.50. The third kappa shape index (κ3) is 3.97. The lowest BCUT2D eigenvalue weighted by Crippen LogP contribution is -2.38. The monoisotopic (exact) mass is 291 g/mol. The highest BCUT2D eigenvalue weighted by molar-refractivity contribution is 5.97. The number of carbonyl (C=O) groups excluding carboxylic acids is 1. The molecule has 0 aromatic heterocycles. The van der Waals surface area contributed by atoms with Gasteiger partial charge in [0.25, 0.3) is 5.91 Å². The number of carbonyl (C=O) groups is 2. The van der Waals surface area contributed by atoms with Crippen LogP contribution in [0, 0.1) is 17.2 Å². The topological polar surface area (TPSA) is 84.6 Å². The Morgan fingerprint density at radius 1 is 1.10 bits per heavy atom. The van der Waals surface area contributed by atoms with Crippen LogP contribution in [-0.2, 0) is 9.59 Å². The van der Waals surface area contributed by atoms with E-state index in [1.54, 1.807) is 11.1 Å². The van der Waals surface area contributed by atoms with Crippen LogP contribution in [0.5, 0.6) is 0 Å². The summed E-state index contributed by atoms with van der Waals surface area (Å²) in [5, 5.41) is 18.2. The van der Waals surface area contributed by atoms with Gasteiger partial charge in [-0.05, 0) is 32.1 Å². The summed E-state index contributed by atoms with van der Waals surface area (Å²) in [6.07, 6.45) is 5.85. The summed E-state index contributed by atoms with van der Waals surface area (Å²) in [5.41, 5.74) is 0.158. The second-order valence-electron chi connectivity index (χ2n) is 5.66. The summed E-state index contributed by atoms with van der Waals surface area (Å²) >= 11 is 0. The molecule has 0 bridgehead atoms. The number of carboxylic acid groups (broad SMARTS) is 1. The maximum Gasteiger partial charge on any atom is 0.306 e. The number of rotatable bonds is 3. The Morgan fingerprint density at radius 2 is 1.71 bits per heavy atom. The van der Waals surface area contributed by atoms with Crippen LogP contribution in [0.3, 0.4) is 0 Å². The average molecular weight is 291 g/mol. The molecule has 0 aromatic rings. The van der Waals surface area contributed by atoms with E-state index in [0.29, 0.717) is 25.9 Å². The highest BCUT2D eigenvalue weighted by atomic mass is 16.4. The first-order chi connectivity index (χ1) is 10.1. The second kappa shape index (κ2) is 7.11. The van der Waals surface area contributed by atoms with Crippen molar-refractivity contribution in [3.8, 4) is 6.07 Å². The molecule has 2 aliphatic heterocycles. The quantitative estimate of drug-likeness (QED) is 0.624. The minimum Gasteiger partial charge on any atom is -0.481 e. The molecule has 0 radical (unpaired) electrons. The molecule has 2 saturated heterocycles.